The SMILES string of the molecule is COC(=O)c1ccc2cn([N+](=O)[O-])nc2c1.COC(=O)c1ccc2cn[nH]c2c1. The van der Waals surface area contributed by atoms with Crippen molar-refractivity contribution in [2.45, 2.75) is 0 Å². The van der Waals surface area contributed by atoms with E-state index in [1.165, 1.54) is 32.5 Å². The average molecular weight is 397 g/mol. The lowest BCUT2D eigenvalue weighted by Crippen LogP contribution is -2.08. The van der Waals surface area contributed by atoms with Gasteiger partial charge < -0.3 is 19.6 Å². The van der Waals surface area contributed by atoms with E-state index >= 15 is 0 Å². The number of ether oxygens (including phenoxy) is 2. The summed E-state index contributed by atoms with van der Waals surface area (Å²) in [6.07, 6.45) is 2.98. The van der Waals surface area contributed by atoms with Crippen LogP contribution in [0, 0.1) is 10.1 Å². The molecule has 0 saturated carbocycles. The van der Waals surface area contributed by atoms with Gasteiger partial charge in [0.1, 0.15) is 6.20 Å². The Bertz CT molecular complexity index is 1210. The number of H-pyrrole nitrogens is 1. The van der Waals surface area contributed by atoms with Gasteiger partial charge in [-0.1, -0.05) is 6.07 Å². The molecule has 148 valence electrons. The quantitative estimate of drug-likeness (QED) is 0.315. The molecule has 4 aromatic rings. The molecule has 0 amide bonds. The smallest absolute Gasteiger partial charge is 0.338 e. The largest absolute Gasteiger partial charge is 0.465 e. The molecule has 0 unspecified atom stereocenters. The Kier molecular flexibility index (Phi) is 5.49. The molecule has 0 saturated heterocycles. The van der Waals surface area contributed by atoms with Gasteiger partial charge in [-0.2, -0.15) is 5.10 Å². The first-order valence-corrected chi connectivity index (χ1v) is 8.17. The average Bonchev–Trinajstić information content (AvgIpc) is 3.38. The molecule has 11 nitrogen and oxygen atoms in total. The molecule has 0 aliphatic rings. The summed E-state index contributed by atoms with van der Waals surface area (Å²) in [6.45, 7) is 0. The third kappa shape index (κ3) is 4.18. The number of hydrogen-bond donors (Lipinski definition) is 1. The van der Waals surface area contributed by atoms with Crippen LogP contribution >= 0.6 is 0 Å². The first-order valence-electron chi connectivity index (χ1n) is 8.17. The highest BCUT2D eigenvalue weighted by atomic mass is 16.7. The number of nitrogens with zero attached hydrogens (tertiary/aromatic N) is 4. The van der Waals surface area contributed by atoms with E-state index in [1.807, 2.05) is 6.07 Å². The number of aromatic nitrogens is 4. The first-order chi connectivity index (χ1) is 13.9. The third-order valence-corrected chi connectivity index (χ3v) is 3.95. The predicted octanol–water partition coefficient (Wildman–Crippen LogP) is 2.21. The fourth-order valence-corrected chi connectivity index (χ4v) is 2.51. The van der Waals surface area contributed by atoms with Crippen molar-refractivity contribution in [2.75, 3.05) is 14.2 Å². The van der Waals surface area contributed by atoms with E-state index in [4.69, 9.17) is 0 Å². The Hall–Kier alpha value is -4.28. The van der Waals surface area contributed by atoms with E-state index in [9.17, 15) is 19.7 Å². The number of aromatic amines is 1. The molecule has 1 N–H and O–H groups in total. The van der Waals surface area contributed by atoms with E-state index in [-0.39, 0.29) is 5.97 Å². The van der Waals surface area contributed by atoms with Crippen molar-refractivity contribution in [3.8, 4) is 0 Å². The topological polar surface area (TPSA) is 142 Å². The van der Waals surface area contributed by atoms with Gasteiger partial charge >= 0.3 is 11.9 Å². The van der Waals surface area contributed by atoms with Crippen LogP contribution in [0.1, 0.15) is 20.7 Å². The fraction of sp³-hybridized carbons (Fsp3) is 0.111. The normalized spacial score (nSPS) is 10.3. The van der Waals surface area contributed by atoms with Gasteiger partial charge in [0.2, 0.25) is 5.52 Å². The zero-order chi connectivity index (χ0) is 21.0. The fourth-order valence-electron chi connectivity index (χ4n) is 2.51. The summed E-state index contributed by atoms with van der Waals surface area (Å²) < 4.78 is 9.12. The molecule has 0 aliphatic carbocycles. The van der Waals surface area contributed by atoms with Crippen LogP contribution in [0.15, 0.2) is 48.8 Å². The molecule has 0 atom stereocenters. The molecule has 29 heavy (non-hydrogen) atoms. The third-order valence-electron chi connectivity index (χ3n) is 3.95. The van der Waals surface area contributed by atoms with Crippen molar-refractivity contribution in [1.29, 1.82) is 0 Å². The maximum Gasteiger partial charge on any atom is 0.338 e. The lowest BCUT2D eigenvalue weighted by atomic mass is 10.2. The highest BCUT2D eigenvalue weighted by Gasteiger charge is 2.13. The molecule has 0 fully saturated rings. The number of carbonyl (C=O) groups is 2. The highest BCUT2D eigenvalue weighted by molar-refractivity contribution is 5.94. The number of carbonyl (C=O) groups excluding carboxylic acids is 2. The van der Waals surface area contributed by atoms with Gasteiger partial charge in [-0.3, -0.25) is 5.10 Å². The lowest BCUT2D eigenvalue weighted by molar-refractivity contribution is -0.552. The number of nitro groups is 1. The molecular formula is C18H15N5O6. The summed E-state index contributed by atoms with van der Waals surface area (Å²) in [5, 5.41) is 21.7. The lowest BCUT2D eigenvalue weighted by Gasteiger charge is -1.97. The molecule has 2 aromatic carbocycles. The van der Waals surface area contributed by atoms with E-state index < -0.39 is 11.0 Å². The zero-order valence-corrected chi connectivity index (χ0v) is 15.4. The Labute approximate surface area is 162 Å². The van der Waals surface area contributed by atoms with Crippen LogP contribution in [0.5, 0.6) is 0 Å². The Balaban J connectivity index is 0.000000169. The van der Waals surface area contributed by atoms with E-state index in [0.717, 1.165) is 10.9 Å². The van der Waals surface area contributed by atoms with Crippen LogP contribution in [-0.2, 0) is 9.47 Å². The molecule has 0 bridgehead atoms. The molecule has 0 radical (unpaired) electrons. The van der Waals surface area contributed by atoms with Crippen molar-refractivity contribution in [3.05, 3.63) is 70.0 Å². The zero-order valence-electron chi connectivity index (χ0n) is 15.4. The highest BCUT2D eigenvalue weighted by Crippen LogP contribution is 2.15. The predicted molar refractivity (Wildman–Crippen MR) is 101 cm³/mol. The summed E-state index contributed by atoms with van der Waals surface area (Å²) in [6, 6.07) is 9.80. The molecule has 2 aromatic heterocycles. The minimum Gasteiger partial charge on any atom is -0.465 e. The van der Waals surface area contributed by atoms with Gasteiger partial charge in [0, 0.05) is 16.2 Å². The van der Waals surface area contributed by atoms with Crippen LogP contribution in [0.25, 0.3) is 21.8 Å². The van der Waals surface area contributed by atoms with Crippen molar-refractivity contribution in [2.24, 2.45) is 0 Å². The maximum atomic E-state index is 11.2. The van der Waals surface area contributed by atoms with E-state index in [2.05, 4.69) is 24.8 Å². The molecule has 4 rings (SSSR count). The van der Waals surface area contributed by atoms with Crippen molar-refractivity contribution in [3.63, 3.8) is 0 Å². The standard InChI is InChI=1S/C9H7N3O4.C9H8N2O2/c1-16-9(13)6-2-3-7-5-11(12(14)15)10-8(7)4-6;1-13-9(12)6-2-3-7-5-10-11-8(7)4-6/h2-5H,1H3;2-5H,1H3,(H,10,11). The van der Waals surface area contributed by atoms with Crippen LogP contribution in [0.3, 0.4) is 0 Å². The van der Waals surface area contributed by atoms with Crippen LogP contribution in [-0.4, -0.2) is 51.3 Å². The van der Waals surface area contributed by atoms with Crippen LogP contribution < -0.4 is 0 Å². The van der Waals surface area contributed by atoms with Gasteiger partial charge in [0.05, 0.1) is 52.6 Å². The van der Waals surface area contributed by atoms with Gasteiger partial charge in [0.15, 0.2) is 0 Å². The van der Waals surface area contributed by atoms with Gasteiger partial charge in [-0.05, 0) is 24.3 Å². The number of nitrogens with one attached hydrogen (secondary N) is 1. The Morgan fingerprint density at radius 1 is 1.03 bits per heavy atom. The first kappa shape index (κ1) is 19.5. The summed E-state index contributed by atoms with van der Waals surface area (Å²) in [5.41, 5.74) is 2.05. The van der Waals surface area contributed by atoms with Crippen molar-refractivity contribution < 1.29 is 24.1 Å². The number of esters is 2. The summed E-state index contributed by atoms with van der Waals surface area (Å²) in [5.74, 6) is -0.839. The van der Waals surface area contributed by atoms with Crippen molar-refractivity contribution in [1.82, 2.24) is 20.1 Å². The molecular weight excluding hydrogens is 382 g/mol. The molecule has 0 spiro atoms. The molecule has 11 heteroatoms. The van der Waals surface area contributed by atoms with Gasteiger partial charge in [-0.25, -0.2) is 9.59 Å². The monoisotopic (exact) mass is 397 g/mol. The number of hydrogen-bond acceptors (Lipinski definition) is 8. The summed E-state index contributed by atoms with van der Waals surface area (Å²) in [7, 11) is 2.63. The van der Waals surface area contributed by atoms with Crippen LogP contribution in [0.4, 0.5) is 0 Å². The second kappa shape index (κ2) is 8.17. The van der Waals surface area contributed by atoms with Gasteiger partial charge in [-0.15, -0.1) is 0 Å². The van der Waals surface area contributed by atoms with Crippen LogP contribution in [0.2, 0.25) is 0 Å². The minimum absolute atomic E-state index is 0.309. The molecule has 0 aliphatic heterocycles. The number of methoxy groups -OCH3 is 2. The summed E-state index contributed by atoms with van der Waals surface area (Å²) >= 11 is 0. The minimum atomic E-state index is -0.655. The number of fused-ring (bicyclic) bond motifs is 2. The Morgan fingerprint density at radius 2 is 1.66 bits per heavy atom. The second-order valence-electron chi connectivity index (χ2n) is 5.72. The second-order valence-corrected chi connectivity index (χ2v) is 5.72. The van der Waals surface area contributed by atoms with Crippen molar-refractivity contribution >= 4 is 33.7 Å². The van der Waals surface area contributed by atoms with Gasteiger partial charge in [0.25, 0.3) is 0 Å². The number of rotatable bonds is 3. The summed E-state index contributed by atoms with van der Waals surface area (Å²) in [4.78, 5) is 33.4. The Morgan fingerprint density at radius 3 is 2.28 bits per heavy atom. The number of benzene rings is 2. The van der Waals surface area contributed by atoms with E-state index in [0.29, 0.717) is 26.8 Å². The maximum absolute atomic E-state index is 11.2. The van der Waals surface area contributed by atoms with E-state index in [1.54, 1.807) is 24.4 Å². The molecule has 2 heterocycles.